The number of para-hydroxylation sites is 1. The van der Waals surface area contributed by atoms with Gasteiger partial charge in [-0.15, -0.1) is 10.7 Å². The fourth-order valence-electron chi connectivity index (χ4n) is 2.29. The molecule has 3 N–H and O–H groups in total. The molecule has 0 saturated carbocycles. The lowest BCUT2D eigenvalue weighted by Gasteiger charge is -2.35. The summed E-state index contributed by atoms with van der Waals surface area (Å²) in [5.74, 6) is 0.570. The average molecular weight is 339 g/mol. The number of alkyl halides is 2. The fourth-order valence-corrected chi connectivity index (χ4v) is 2.29. The number of benzene rings is 1. The summed E-state index contributed by atoms with van der Waals surface area (Å²) in [5.41, 5.74) is 5.51. The Morgan fingerprint density at radius 2 is 2.08 bits per heavy atom. The van der Waals surface area contributed by atoms with Crippen LogP contribution in [0.25, 0.3) is 0 Å². The zero-order valence-electron chi connectivity index (χ0n) is 13.3. The lowest BCUT2D eigenvalue weighted by molar-refractivity contribution is -0.111. The van der Waals surface area contributed by atoms with E-state index >= 15 is 0 Å². The molecule has 7 nitrogen and oxygen atoms in total. The van der Waals surface area contributed by atoms with Gasteiger partial charge in [0.05, 0.1) is 24.2 Å². The molecule has 2 rings (SSSR count). The van der Waals surface area contributed by atoms with Crippen molar-refractivity contribution in [3.05, 3.63) is 47.9 Å². The van der Waals surface area contributed by atoms with Crippen LogP contribution in [0.1, 0.15) is 17.7 Å². The van der Waals surface area contributed by atoms with Gasteiger partial charge in [-0.3, -0.25) is 15.2 Å². The molecule has 1 heterocycles. The summed E-state index contributed by atoms with van der Waals surface area (Å²) < 4.78 is 32.3. The summed E-state index contributed by atoms with van der Waals surface area (Å²) in [4.78, 5) is 10.5. The first kappa shape index (κ1) is 17.7. The maximum atomic E-state index is 13.5. The first-order chi connectivity index (χ1) is 11.6. The maximum absolute atomic E-state index is 13.5. The van der Waals surface area contributed by atoms with Crippen LogP contribution in [0.5, 0.6) is 0 Å². The van der Waals surface area contributed by atoms with Crippen LogP contribution in [-0.2, 0) is 11.3 Å². The van der Waals surface area contributed by atoms with Crippen molar-refractivity contribution in [3.8, 4) is 0 Å². The summed E-state index contributed by atoms with van der Waals surface area (Å²) in [6.07, 6.45) is -0.720. The Hall–Kier alpha value is -2.65. The van der Waals surface area contributed by atoms with Gasteiger partial charge in [0.15, 0.2) is 0 Å². The van der Waals surface area contributed by atoms with E-state index in [0.29, 0.717) is 17.9 Å². The van der Waals surface area contributed by atoms with Crippen LogP contribution in [0.15, 0.2) is 41.0 Å². The standard InChI is InChI=1S/C15H19F2N5O2/c1-18-13-7-3-6-12(15(16)17)14(13)22(21(2)20-19-10-23)9-11-5-4-8-24-11/h3-8,10,15,18,20H,9H2,1-2H3,(H,19,23). The number of carbonyl (C=O) groups excluding carboxylic acids is 1. The highest BCUT2D eigenvalue weighted by atomic mass is 19.3. The Balaban J connectivity index is 2.47. The zero-order chi connectivity index (χ0) is 17.5. The van der Waals surface area contributed by atoms with Gasteiger partial charge >= 0.3 is 0 Å². The number of halogens is 2. The molecule has 0 fully saturated rings. The molecule has 0 spiro atoms. The highest BCUT2D eigenvalue weighted by Gasteiger charge is 2.24. The predicted octanol–water partition coefficient (Wildman–Crippen LogP) is 2.28. The monoisotopic (exact) mass is 339 g/mol. The van der Waals surface area contributed by atoms with Gasteiger partial charge in [-0.05, 0) is 18.2 Å². The van der Waals surface area contributed by atoms with E-state index < -0.39 is 6.43 Å². The molecule has 2 aromatic rings. The normalized spacial score (nSPS) is 10.9. The maximum Gasteiger partial charge on any atom is 0.265 e. The second-order valence-corrected chi connectivity index (χ2v) is 4.83. The van der Waals surface area contributed by atoms with Gasteiger partial charge in [0.1, 0.15) is 5.76 Å². The second-order valence-electron chi connectivity index (χ2n) is 4.83. The minimum atomic E-state index is -2.67. The van der Waals surface area contributed by atoms with Crippen molar-refractivity contribution in [3.63, 3.8) is 0 Å². The number of nitrogens with one attached hydrogen (secondary N) is 3. The SMILES string of the molecule is CNc1cccc(C(F)F)c1N(Cc1ccco1)N(C)NNC=O. The number of carbonyl (C=O) groups is 1. The summed E-state index contributed by atoms with van der Waals surface area (Å²) in [6, 6.07) is 8.05. The third-order valence-electron chi connectivity index (χ3n) is 3.36. The molecule has 0 aliphatic rings. The zero-order valence-corrected chi connectivity index (χ0v) is 13.3. The largest absolute Gasteiger partial charge is 0.467 e. The van der Waals surface area contributed by atoms with Crippen LogP contribution < -0.4 is 21.3 Å². The van der Waals surface area contributed by atoms with Gasteiger partial charge in [-0.1, -0.05) is 12.1 Å². The first-order valence-corrected chi connectivity index (χ1v) is 7.15. The van der Waals surface area contributed by atoms with E-state index in [2.05, 4.69) is 16.3 Å². The third-order valence-corrected chi connectivity index (χ3v) is 3.36. The number of rotatable bonds is 9. The lowest BCUT2D eigenvalue weighted by atomic mass is 10.1. The van der Waals surface area contributed by atoms with Crippen LogP contribution >= 0.6 is 0 Å². The highest BCUT2D eigenvalue weighted by Crippen LogP contribution is 2.37. The van der Waals surface area contributed by atoms with Crippen molar-refractivity contribution >= 4 is 17.8 Å². The topological polar surface area (TPSA) is 72.8 Å². The highest BCUT2D eigenvalue weighted by molar-refractivity contribution is 5.73. The Kier molecular flexibility index (Phi) is 6.10. The first-order valence-electron chi connectivity index (χ1n) is 7.15. The molecule has 24 heavy (non-hydrogen) atoms. The molecule has 1 aromatic carbocycles. The van der Waals surface area contributed by atoms with E-state index in [1.807, 2.05) is 0 Å². The third kappa shape index (κ3) is 4.00. The summed E-state index contributed by atoms with van der Waals surface area (Å²) in [7, 11) is 3.23. The van der Waals surface area contributed by atoms with E-state index in [-0.39, 0.29) is 17.8 Å². The number of anilines is 2. The molecule has 0 aliphatic heterocycles. The van der Waals surface area contributed by atoms with E-state index in [4.69, 9.17) is 4.42 Å². The van der Waals surface area contributed by atoms with E-state index in [1.165, 1.54) is 22.5 Å². The summed E-state index contributed by atoms with van der Waals surface area (Å²) in [5, 5.41) is 5.83. The molecule has 0 bridgehead atoms. The molecule has 0 radical (unpaired) electrons. The van der Waals surface area contributed by atoms with Crippen molar-refractivity contribution in [2.75, 3.05) is 24.4 Å². The van der Waals surface area contributed by atoms with Gasteiger partial charge < -0.3 is 9.73 Å². The molecule has 1 amide bonds. The van der Waals surface area contributed by atoms with Gasteiger partial charge in [0.25, 0.3) is 6.43 Å². The van der Waals surface area contributed by atoms with Gasteiger partial charge in [-0.2, -0.15) is 0 Å². The Bertz CT molecular complexity index is 651. The number of hydrazine groups is 3. The number of hydrogen-bond donors (Lipinski definition) is 3. The number of amides is 1. The van der Waals surface area contributed by atoms with E-state index in [9.17, 15) is 13.6 Å². The second kappa shape index (κ2) is 8.27. The van der Waals surface area contributed by atoms with Crippen molar-refractivity contribution < 1.29 is 18.0 Å². The summed E-state index contributed by atoms with van der Waals surface area (Å²) in [6.45, 7) is 0.176. The molecule has 0 saturated heterocycles. The quantitative estimate of drug-likeness (QED) is 0.481. The molecule has 0 unspecified atom stereocenters. The van der Waals surface area contributed by atoms with Crippen LogP contribution in [0.3, 0.4) is 0 Å². The smallest absolute Gasteiger partial charge is 0.265 e. The van der Waals surface area contributed by atoms with Gasteiger partial charge in [0, 0.05) is 19.7 Å². The Morgan fingerprint density at radius 3 is 2.67 bits per heavy atom. The van der Waals surface area contributed by atoms with Crippen LogP contribution in [0, 0.1) is 0 Å². The number of nitrogens with zero attached hydrogens (tertiary/aromatic N) is 2. The average Bonchev–Trinajstić information content (AvgIpc) is 3.10. The van der Waals surface area contributed by atoms with Crippen LogP contribution in [0.2, 0.25) is 0 Å². The minimum Gasteiger partial charge on any atom is -0.467 e. The molecule has 1 aromatic heterocycles. The van der Waals surface area contributed by atoms with Crippen molar-refractivity contribution in [2.45, 2.75) is 13.0 Å². The molecular formula is C15H19F2N5O2. The number of hydrogen-bond acceptors (Lipinski definition) is 6. The fraction of sp³-hybridized carbons (Fsp3) is 0.267. The van der Waals surface area contributed by atoms with Gasteiger partial charge in [-0.25, -0.2) is 8.78 Å². The number of furan rings is 1. The Labute approximate surface area is 138 Å². The molecular weight excluding hydrogens is 320 g/mol. The van der Waals surface area contributed by atoms with Crippen molar-refractivity contribution in [1.29, 1.82) is 0 Å². The molecule has 130 valence electrons. The van der Waals surface area contributed by atoms with Crippen LogP contribution in [-0.4, -0.2) is 25.6 Å². The van der Waals surface area contributed by atoms with Crippen molar-refractivity contribution in [2.24, 2.45) is 0 Å². The molecule has 9 heteroatoms. The minimum absolute atomic E-state index is 0.145. The molecule has 0 atom stereocenters. The Morgan fingerprint density at radius 1 is 1.29 bits per heavy atom. The van der Waals surface area contributed by atoms with Crippen LogP contribution in [0.4, 0.5) is 20.2 Å². The lowest BCUT2D eigenvalue weighted by Crippen LogP contribution is -2.53. The van der Waals surface area contributed by atoms with E-state index in [1.54, 1.807) is 38.4 Å². The molecule has 0 aliphatic carbocycles. The van der Waals surface area contributed by atoms with E-state index in [0.717, 1.165) is 0 Å². The summed E-state index contributed by atoms with van der Waals surface area (Å²) >= 11 is 0. The van der Waals surface area contributed by atoms with Crippen molar-refractivity contribution in [1.82, 2.24) is 16.1 Å². The predicted molar refractivity (Wildman–Crippen MR) is 85.9 cm³/mol. The van der Waals surface area contributed by atoms with Gasteiger partial charge in [0.2, 0.25) is 6.41 Å².